The quantitative estimate of drug-likeness (QED) is 0.549. The van der Waals surface area contributed by atoms with Crippen molar-refractivity contribution in [2.24, 2.45) is 0 Å². The molecule has 0 aromatic heterocycles. The van der Waals surface area contributed by atoms with E-state index in [2.05, 4.69) is 0 Å². The number of aryl methyl sites for hydroxylation is 3. The lowest BCUT2D eigenvalue weighted by Gasteiger charge is -2.27. The van der Waals surface area contributed by atoms with E-state index in [1.807, 2.05) is 51.1 Å². The second-order valence-electron chi connectivity index (χ2n) is 7.91. The average molecular weight is 437 g/mol. The Bertz CT molecular complexity index is 1140. The molecule has 3 aromatic rings. The Morgan fingerprint density at radius 3 is 1.97 bits per heavy atom. The number of nitrogens with zero attached hydrogens (tertiary/aromatic N) is 2. The van der Waals surface area contributed by atoms with Crippen molar-refractivity contribution in [3.05, 3.63) is 95.1 Å². The number of sulfonamides is 1. The van der Waals surface area contributed by atoms with Crippen LogP contribution in [0.5, 0.6) is 0 Å². The third-order valence-corrected chi connectivity index (χ3v) is 6.86. The van der Waals surface area contributed by atoms with Gasteiger partial charge >= 0.3 is 0 Å². The molecule has 1 amide bonds. The summed E-state index contributed by atoms with van der Waals surface area (Å²) in [5.41, 5.74) is 4.49. The molecule has 3 rings (SSSR count). The van der Waals surface area contributed by atoms with Crippen LogP contribution in [0.3, 0.4) is 0 Å². The summed E-state index contributed by atoms with van der Waals surface area (Å²) in [4.78, 5) is 14.8. The molecule has 0 atom stereocenters. The molecule has 0 aliphatic carbocycles. The minimum Gasteiger partial charge on any atom is -0.340 e. The fraction of sp³-hybridized carbons (Fsp3) is 0.240. The Morgan fingerprint density at radius 2 is 1.39 bits per heavy atom. The number of benzene rings is 3. The van der Waals surface area contributed by atoms with Crippen LogP contribution < -0.4 is 4.31 Å². The lowest BCUT2D eigenvalue weighted by molar-refractivity contribution is -0.128. The zero-order chi connectivity index (χ0) is 22.6. The second-order valence-corrected chi connectivity index (χ2v) is 9.77. The molecule has 0 saturated heterocycles. The molecule has 0 aliphatic rings. The maximum Gasteiger partial charge on any atom is 0.264 e. The molecule has 0 aliphatic heterocycles. The van der Waals surface area contributed by atoms with Crippen LogP contribution in [0.2, 0.25) is 0 Å². The molecule has 3 aromatic carbocycles. The molecule has 162 valence electrons. The van der Waals surface area contributed by atoms with Gasteiger partial charge in [-0.15, -0.1) is 0 Å². The van der Waals surface area contributed by atoms with Gasteiger partial charge in [-0.25, -0.2) is 8.42 Å². The number of hydrogen-bond acceptors (Lipinski definition) is 3. The van der Waals surface area contributed by atoms with Gasteiger partial charge in [0, 0.05) is 13.6 Å². The van der Waals surface area contributed by atoms with Gasteiger partial charge in [0.2, 0.25) is 5.91 Å². The predicted octanol–water partition coefficient (Wildman–Crippen LogP) is 4.47. The zero-order valence-electron chi connectivity index (χ0n) is 18.4. The molecule has 5 nitrogen and oxygen atoms in total. The van der Waals surface area contributed by atoms with Gasteiger partial charge in [-0.1, -0.05) is 54.1 Å². The Morgan fingerprint density at radius 1 is 0.806 bits per heavy atom. The van der Waals surface area contributed by atoms with Crippen molar-refractivity contribution < 1.29 is 13.2 Å². The van der Waals surface area contributed by atoms with Crippen molar-refractivity contribution in [2.45, 2.75) is 32.2 Å². The van der Waals surface area contributed by atoms with Crippen molar-refractivity contribution in [2.75, 3.05) is 17.9 Å². The molecule has 0 unspecified atom stereocenters. The van der Waals surface area contributed by atoms with Gasteiger partial charge < -0.3 is 4.90 Å². The largest absolute Gasteiger partial charge is 0.340 e. The van der Waals surface area contributed by atoms with Crippen LogP contribution in [0.4, 0.5) is 5.69 Å². The summed E-state index contributed by atoms with van der Waals surface area (Å²) in [5, 5.41) is 0. The first kappa shape index (κ1) is 22.6. The van der Waals surface area contributed by atoms with E-state index in [1.165, 1.54) is 4.31 Å². The Hall–Kier alpha value is -3.12. The summed E-state index contributed by atoms with van der Waals surface area (Å²) >= 11 is 0. The normalized spacial score (nSPS) is 11.2. The Kier molecular flexibility index (Phi) is 6.81. The highest BCUT2D eigenvalue weighted by Crippen LogP contribution is 2.26. The standard InChI is InChI=1S/C25H28N2O3S/c1-19-10-12-22(13-11-19)17-26(4)25(28)18-27(23-15-20(2)14-21(3)16-23)31(29,30)24-8-6-5-7-9-24/h5-16H,17-18H2,1-4H3. The molecule has 0 fully saturated rings. The van der Waals surface area contributed by atoms with E-state index in [9.17, 15) is 13.2 Å². The van der Waals surface area contributed by atoms with Crippen molar-refractivity contribution >= 4 is 21.6 Å². The first-order valence-electron chi connectivity index (χ1n) is 10.1. The summed E-state index contributed by atoms with van der Waals surface area (Å²) in [7, 11) is -2.22. The molecular weight excluding hydrogens is 408 g/mol. The summed E-state index contributed by atoms with van der Waals surface area (Å²) in [6.07, 6.45) is 0. The molecule has 31 heavy (non-hydrogen) atoms. The summed E-state index contributed by atoms with van der Waals surface area (Å²) < 4.78 is 28.1. The molecule has 6 heteroatoms. The minimum absolute atomic E-state index is 0.156. The molecular formula is C25H28N2O3S. The van der Waals surface area contributed by atoms with E-state index in [4.69, 9.17) is 0 Å². The van der Waals surface area contributed by atoms with Crippen LogP contribution in [-0.4, -0.2) is 32.8 Å². The molecule has 0 N–H and O–H groups in total. The van der Waals surface area contributed by atoms with Gasteiger partial charge in [-0.05, 0) is 61.7 Å². The number of carbonyl (C=O) groups is 1. The van der Waals surface area contributed by atoms with E-state index in [0.29, 0.717) is 12.2 Å². The maximum atomic E-state index is 13.5. The van der Waals surface area contributed by atoms with Crippen LogP contribution >= 0.6 is 0 Å². The van der Waals surface area contributed by atoms with E-state index in [0.717, 1.165) is 22.3 Å². The van der Waals surface area contributed by atoms with Crippen LogP contribution in [0, 0.1) is 20.8 Å². The Labute approximate surface area is 185 Å². The van der Waals surface area contributed by atoms with Gasteiger partial charge in [0.25, 0.3) is 10.0 Å². The van der Waals surface area contributed by atoms with Gasteiger partial charge in [-0.3, -0.25) is 9.10 Å². The van der Waals surface area contributed by atoms with Gasteiger partial charge in [0.1, 0.15) is 6.54 Å². The highest BCUT2D eigenvalue weighted by molar-refractivity contribution is 7.92. The SMILES string of the molecule is Cc1ccc(CN(C)C(=O)CN(c2cc(C)cc(C)c2)S(=O)(=O)c2ccccc2)cc1. The topological polar surface area (TPSA) is 57.7 Å². The second kappa shape index (κ2) is 9.35. The van der Waals surface area contributed by atoms with Crippen molar-refractivity contribution in [3.8, 4) is 0 Å². The van der Waals surface area contributed by atoms with E-state index >= 15 is 0 Å². The van der Waals surface area contributed by atoms with Gasteiger partial charge in [0.15, 0.2) is 0 Å². The van der Waals surface area contributed by atoms with E-state index in [1.54, 1.807) is 54.4 Å². The maximum absolute atomic E-state index is 13.5. The molecule has 0 saturated carbocycles. The average Bonchev–Trinajstić information content (AvgIpc) is 2.73. The first-order valence-corrected chi connectivity index (χ1v) is 11.6. The molecule has 0 bridgehead atoms. The summed E-state index contributed by atoms with van der Waals surface area (Å²) in [6.45, 7) is 5.97. The smallest absolute Gasteiger partial charge is 0.264 e. The summed E-state index contributed by atoms with van der Waals surface area (Å²) in [6, 6.07) is 21.7. The zero-order valence-corrected chi connectivity index (χ0v) is 19.2. The fourth-order valence-corrected chi connectivity index (χ4v) is 4.85. The fourth-order valence-electron chi connectivity index (χ4n) is 3.43. The number of amides is 1. The minimum atomic E-state index is -3.91. The summed E-state index contributed by atoms with van der Waals surface area (Å²) in [5.74, 6) is -0.278. The third-order valence-electron chi connectivity index (χ3n) is 5.07. The molecule has 0 radical (unpaired) electrons. The van der Waals surface area contributed by atoms with Crippen LogP contribution in [0.25, 0.3) is 0 Å². The number of likely N-dealkylation sites (N-methyl/N-ethyl adjacent to an activating group) is 1. The van der Waals surface area contributed by atoms with Gasteiger partial charge in [-0.2, -0.15) is 0 Å². The highest BCUT2D eigenvalue weighted by atomic mass is 32.2. The molecule has 0 spiro atoms. The lowest BCUT2D eigenvalue weighted by Crippen LogP contribution is -2.41. The number of anilines is 1. The van der Waals surface area contributed by atoms with Crippen molar-refractivity contribution in [3.63, 3.8) is 0 Å². The number of rotatable bonds is 7. The highest BCUT2D eigenvalue weighted by Gasteiger charge is 2.28. The molecule has 0 heterocycles. The van der Waals surface area contributed by atoms with E-state index in [-0.39, 0.29) is 17.3 Å². The Balaban J connectivity index is 1.92. The van der Waals surface area contributed by atoms with Crippen molar-refractivity contribution in [1.82, 2.24) is 4.90 Å². The first-order chi connectivity index (χ1) is 14.7. The van der Waals surface area contributed by atoms with Gasteiger partial charge in [0.05, 0.1) is 10.6 Å². The van der Waals surface area contributed by atoms with Crippen molar-refractivity contribution in [1.29, 1.82) is 0 Å². The lowest BCUT2D eigenvalue weighted by atomic mass is 10.1. The van der Waals surface area contributed by atoms with Crippen LogP contribution in [0.1, 0.15) is 22.3 Å². The third kappa shape index (κ3) is 5.52. The van der Waals surface area contributed by atoms with Crippen LogP contribution in [0.15, 0.2) is 77.7 Å². The van der Waals surface area contributed by atoms with Crippen LogP contribution in [-0.2, 0) is 21.4 Å². The van der Waals surface area contributed by atoms with E-state index < -0.39 is 10.0 Å². The number of hydrogen-bond donors (Lipinski definition) is 0. The monoisotopic (exact) mass is 436 g/mol. The number of carbonyl (C=O) groups excluding carboxylic acids is 1. The predicted molar refractivity (Wildman–Crippen MR) is 125 cm³/mol.